The number of hydrogen-bond donors (Lipinski definition) is 0. The highest BCUT2D eigenvalue weighted by atomic mass is 32.2. The molecule has 1 heterocycles. The molecular formula is C23H23F3N2O4S. The molecule has 6 nitrogen and oxygen atoms in total. The number of ketones is 1. The van der Waals surface area contributed by atoms with E-state index in [1.165, 1.54) is 10.9 Å². The molecule has 0 amide bonds. The Bertz CT molecular complexity index is 1130. The van der Waals surface area contributed by atoms with Crippen molar-refractivity contribution in [2.24, 2.45) is 7.05 Å². The van der Waals surface area contributed by atoms with Gasteiger partial charge < -0.3 is 9.29 Å². The predicted octanol–water partition coefficient (Wildman–Crippen LogP) is 4.69. The fourth-order valence-corrected chi connectivity index (χ4v) is 4.70. The van der Waals surface area contributed by atoms with Gasteiger partial charge in [-0.15, -0.1) is 0 Å². The maximum atomic E-state index is 13.6. The number of nitrogens with zero attached hydrogens (tertiary/aromatic N) is 2. The second-order valence-corrected chi connectivity index (χ2v) is 9.67. The minimum Gasteiger partial charge on any atom is -0.612 e. The maximum absolute atomic E-state index is 13.6. The maximum Gasteiger partial charge on any atom is 0.416 e. The van der Waals surface area contributed by atoms with Gasteiger partial charge in [-0.1, -0.05) is 6.08 Å². The van der Waals surface area contributed by atoms with E-state index in [1.807, 2.05) is 6.08 Å². The van der Waals surface area contributed by atoms with Gasteiger partial charge in [-0.3, -0.25) is 4.79 Å². The van der Waals surface area contributed by atoms with Crippen LogP contribution in [0.4, 0.5) is 13.2 Å². The second-order valence-electron chi connectivity index (χ2n) is 8.32. The van der Waals surface area contributed by atoms with Gasteiger partial charge in [0.25, 0.3) is 0 Å². The highest BCUT2D eigenvalue weighted by Gasteiger charge is 2.39. The molecule has 1 aromatic heterocycles. The molecule has 33 heavy (non-hydrogen) atoms. The third-order valence-electron chi connectivity index (χ3n) is 5.82. The summed E-state index contributed by atoms with van der Waals surface area (Å²) >= 11 is -1.86. The summed E-state index contributed by atoms with van der Waals surface area (Å²) < 4.78 is 58.8. The molecule has 176 valence electrons. The van der Waals surface area contributed by atoms with Crippen molar-refractivity contribution in [3.05, 3.63) is 52.2 Å². The number of rotatable bonds is 6. The highest BCUT2D eigenvalue weighted by Crippen LogP contribution is 2.44. The van der Waals surface area contributed by atoms with Crippen molar-refractivity contribution in [2.75, 3.05) is 6.26 Å². The number of alkyl halides is 3. The zero-order chi connectivity index (χ0) is 23.9. The minimum atomic E-state index is -4.64. The summed E-state index contributed by atoms with van der Waals surface area (Å²) in [6.07, 6.45) is 3.20. The Kier molecular flexibility index (Phi) is 6.41. The van der Waals surface area contributed by atoms with Gasteiger partial charge in [-0.25, -0.2) is 9.48 Å². The van der Waals surface area contributed by atoms with Crippen molar-refractivity contribution in [2.45, 2.75) is 55.5 Å². The van der Waals surface area contributed by atoms with Crippen LogP contribution >= 0.6 is 0 Å². The van der Waals surface area contributed by atoms with Gasteiger partial charge in [0.05, 0.1) is 16.8 Å². The first-order valence-corrected chi connectivity index (χ1v) is 12.2. The summed E-state index contributed by atoms with van der Waals surface area (Å²) in [4.78, 5) is 26.1. The van der Waals surface area contributed by atoms with Crippen molar-refractivity contribution in [1.29, 1.82) is 0 Å². The van der Waals surface area contributed by atoms with Crippen molar-refractivity contribution in [3.8, 4) is 5.88 Å². The van der Waals surface area contributed by atoms with Crippen LogP contribution in [0.2, 0.25) is 0 Å². The van der Waals surface area contributed by atoms with E-state index in [4.69, 9.17) is 4.74 Å². The summed E-state index contributed by atoms with van der Waals surface area (Å²) in [5, 5.41) is 4.39. The van der Waals surface area contributed by atoms with Crippen LogP contribution < -0.4 is 4.74 Å². The Labute approximate surface area is 192 Å². The smallest absolute Gasteiger partial charge is 0.416 e. The zero-order valence-corrected chi connectivity index (χ0v) is 19.0. The van der Waals surface area contributed by atoms with E-state index in [9.17, 15) is 27.3 Å². The largest absolute Gasteiger partial charge is 0.612 e. The van der Waals surface area contributed by atoms with Gasteiger partial charge in [0.2, 0.25) is 11.7 Å². The topological polar surface area (TPSA) is 84.2 Å². The van der Waals surface area contributed by atoms with Gasteiger partial charge in [-0.05, 0) is 61.8 Å². The SMILES string of the molecule is Cn1nc(C2CC2)c(C(=O)c2ccc(C(F)(F)F)cc2[S+](C)[O-])c1OC(=O)C1=CCCCC1. The lowest BCUT2D eigenvalue weighted by molar-refractivity contribution is -0.137. The molecule has 0 aliphatic heterocycles. The first-order valence-electron chi connectivity index (χ1n) is 10.7. The Morgan fingerprint density at radius 2 is 1.97 bits per heavy atom. The van der Waals surface area contributed by atoms with E-state index >= 15 is 0 Å². The van der Waals surface area contributed by atoms with Gasteiger partial charge in [0.1, 0.15) is 11.8 Å². The van der Waals surface area contributed by atoms with Crippen molar-refractivity contribution in [1.82, 2.24) is 9.78 Å². The molecule has 4 rings (SSSR count). The third-order valence-corrected chi connectivity index (χ3v) is 6.78. The molecular weight excluding hydrogens is 457 g/mol. The van der Waals surface area contributed by atoms with Crippen molar-refractivity contribution < 1.29 is 32.0 Å². The standard InChI is InChI=1S/C23H23F3N2O4S/c1-28-21(32-22(30)14-6-4-3-5-7-14)18(19(27-28)13-8-9-13)20(29)16-11-10-15(23(24,25)26)12-17(16)33(2)31/h6,10-13H,3-5,7-9H2,1-2H3. The lowest BCUT2D eigenvalue weighted by atomic mass is 9.99. The molecule has 10 heteroatoms. The summed E-state index contributed by atoms with van der Waals surface area (Å²) in [6, 6.07) is 2.55. The van der Waals surface area contributed by atoms with Crippen LogP contribution in [0, 0.1) is 0 Å². The van der Waals surface area contributed by atoms with E-state index in [0.717, 1.165) is 50.3 Å². The van der Waals surface area contributed by atoms with Gasteiger partial charge in [-0.2, -0.15) is 18.3 Å². The second kappa shape index (κ2) is 8.98. The van der Waals surface area contributed by atoms with Crippen LogP contribution in [0.25, 0.3) is 0 Å². The van der Waals surface area contributed by atoms with Crippen LogP contribution in [0.5, 0.6) is 5.88 Å². The quantitative estimate of drug-likeness (QED) is 0.340. The predicted molar refractivity (Wildman–Crippen MR) is 115 cm³/mol. The number of esters is 1. The molecule has 0 N–H and O–H groups in total. The third kappa shape index (κ3) is 4.86. The first kappa shape index (κ1) is 23.6. The van der Waals surface area contributed by atoms with Crippen LogP contribution in [0.1, 0.15) is 71.6 Å². The molecule has 1 aromatic carbocycles. The van der Waals surface area contributed by atoms with Crippen molar-refractivity contribution >= 4 is 22.9 Å². The monoisotopic (exact) mass is 480 g/mol. The van der Waals surface area contributed by atoms with E-state index in [1.54, 1.807) is 7.05 Å². The lowest BCUT2D eigenvalue weighted by Gasteiger charge is -2.15. The van der Waals surface area contributed by atoms with E-state index in [2.05, 4.69) is 5.10 Å². The molecule has 0 spiro atoms. The lowest BCUT2D eigenvalue weighted by Crippen LogP contribution is -2.18. The van der Waals surface area contributed by atoms with Crippen LogP contribution in [-0.2, 0) is 29.2 Å². The number of carbonyl (C=O) groups excluding carboxylic acids is 2. The zero-order valence-electron chi connectivity index (χ0n) is 18.2. The van der Waals surface area contributed by atoms with Gasteiger partial charge >= 0.3 is 12.1 Å². The molecule has 1 saturated carbocycles. The summed E-state index contributed by atoms with van der Waals surface area (Å²) in [5.74, 6) is -1.28. The van der Waals surface area contributed by atoms with Crippen LogP contribution in [0.3, 0.4) is 0 Å². The van der Waals surface area contributed by atoms with E-state index < -0.39 is 34.7 Å². The molecule has 1 atom stereocenters. The molecule has 0 bridgehead atoms. The van der Waals surface area contributed by atoms with Crippen molar-refractivity contribution in [3.63, 3.8) is 0 Å². The molecule has 2 aliphatic rings. The number of ether oxygens (including phenoxy) is 1. The summed E-state index contributed by atoms with van der Waals surface area (Å²) in [7, 11) is 1.55. The fraction of sp³-hybridized carbons (Fsp3) is 0.435. The van der Waals surface area contributed by atoms with Gasteiger partial charge in [0, 0.05) is 24.6 Å². The number of allylic oxidation sites excluding steroid dienone is 1. The molecule has 2 aliphatic carbocycles. The number of halogens is 3. The molecule has 1 unspecified atom stereocenters. The summed E-state index contributed by atoms with van der Waals surface area (Å²) in [6.45, 7) is 0. The minimum absolute atomic E-state index is 0.00141. The average Bonchev–Trinajstić information content (AvgIpc) is 3.57. The van der Waals surface area contributed by atoms with Crippen LogP contribution in [-0.4, -0.2) is 32.3 Å². The molecule has 0 radical (unpaired) electrons. The fourth-order valence-electron chi connectivity index (χ4n) is 3.94. The number of benzene rings is 1. The highest BCUT2D eigenvalue weighted by molar-refractivity contribution is 7.90. The Morgan fingerprint density at radius 1 is 1.24 bits per heavy atom. The molecule has 0 saturated heterocycles. The van der Waals surface area contributed by atoms with Gasteiger partial charge in [0.15, 0.2) is 4.90 Å². The molecule has 1 fully saturated rings. The number of carbonyl (C=O) groups is 2. The first-order chi connectivity index (χ1) is 15.6. The Hall–Kier alpha value is -2.59. The normalized spacial score (nSPS) is 17.5. The molecule has 2 aromatic rings. The Balaban J connectivity index is 1.77. The number of aromatic nitrogens is 2. The number of aryl methyl sites for hydroxylation is 1. The average molecular weight is 481 g/mol. The van der Waals surface area contributed by atoms with E-state index in [-0.39, 0.29) is 27.8 Å². The number of hydrogen-bond acceptors (Lipinski definition) is 5. The van der Waals surface area contributed by atoms with E-state index in [0.29, 0.717) is 17.7 Å². The Morgan fingerprint density at radius 3 is 2.55 bits per heavy atom. The van der Waals surface area contributed by atoms with Crippen LogP contribution in [0.15, 0.2) is 34.7 Å². The summed E-state index contributed by atoms with van der Waals surface area (Å²) in [5.41, 5.74) is -0.118.